The molecule has 2 fully saturated rings. The maximum atomic E-state index is 14.4. The molecule has 24 heavy (non-hydrogen) atoms. The first-order valence-electron chi connectivity index (χ1n) is 8.85. The minimum Gasteiger partial charge on any atom is -0.311 e. The summed E-state index contributed by atoms with van der Waals surface area (Å²) in [6.45, 7) is 2.64. The normalized spacial score (nSPS) is 29.8. The van der Waals surface area contributed by atoms with E-state index < -0.39 is 5.91 Å². The van der Waals surface area contributed by atoms with Gasteiger partial charge in [0.05, 0.1) is 0 Å². The van der Waals surface area contributed by atoms with Crippen molar-refractivity contribution in [3.8, 4) is 0 Å². The fourth-order valence-corrected chi connectivity index (χ4v) is 4.63. The van der Waals surface area contributed by atoms with Crippen LogP contribution in [0.3, 0.4) is 0 Å². The van der Waals surface area contributed by atoms with Gasteiger partial charge in [-0.25, -0.2) is 9.87 Å². The van der Waals surface area contributed by atoms with Crippen molar-refractivity contribution >= 4 is 5.91 Å². The highest BCUT2D eigenvalue weighted by Gasteiger charge is 2.47. The number of carbonyl (C=O) groups excluding carboxylic acids is 1. The molecule has 2 aliphatic heterocycles. The van der Waals surface area contributed by atoms with Crippen LogP contribution in [0, 0.1) is 5.82 Å². The van der Waals surface area contributed by atoms with Crippen molar-refractivity contribution < 1.29 is 14.4 Å². The van der Waals surface area contributed by atoms with Crippen molar-refractivity contribution in [3.05, 3.63) is 34.6 Å². The molecule has 0 radical (unpaired) electrons. The molecule has 1 amide bonds. The van der Waals surface area contributed by atoms with E-state index in [-0.39, 0.29) is 11.4 Å². The van der Waals surface area contributed by atoms with Gasteiger partial charge >= 0.3 is 0 Å². The number of hydrogen-bond donors (Lipinski definition) is 3. The molecule has 2 heterocycles. The minimum absolute atomic E-state index is 0.177. The molecule has 130 valence electrons. The Morgan fingerprint density at radius 3 is 2.92 bits per heavy atom. The van der Waals surface area contributed by atoms with Gasteiger partial charge in [-0.3, -0.25) is 14.9 Å². The molecule has 0 bridgehead atoms. The minimum atomic E-state index is -0.663. The Morgan fingerprint density at radius 2 is 2.21 bits per heavy atom. The van der Waals surface area contributed by atoms with Crippen molar-refractivity contribution in [2.45, 2.75) is 56.7 Å². The van der Waals surface area contributed by atoms with Gasteiger partial charge in [-0.1, -0.05) is 6.42 Å². The lowest BCUT2D eigenvalue weighted by molar-refractivity contribution is 0.0110. The van der Waals surface area contributed by atoms with Gasteiger partial charge in [0.15, 0.2) is 0 Å². The van der Waals surface area contributed by atoms with E-state index >= 15 is 0 Å². The second kappa shape index (κ2) is 6.10. The summed E-state index contributed by atoms with van der Waals surface area (Å²) in [5, 5.41) is 12.4. The lowest BCUT2D eigenvalue weighted by Gasteiger charge is -2.55. The third kappa shape index (κ3) is 2.72. The number of benzene rings is 1. The Balaban J connectivity index is 1.46. The number of hydrogen-bond acceptors (Lipinski definition) is 4. The largest absolute Gasteiger partial charge is 0.311 e. The Bertz CT molecular complexity index is 650. The molecule has 1 aliphatic carbocycles. The van der Waals surface area contributed by atoms with Crippen LogP contribution in [-0.2, 0) is 13.0 Å². The Hall–Kier alpha value is -1.50. The van der Waals surface area contributed by atoms with Crippen molar-refractivity contribution in [1.29, 1.82) is 0 Å². The zero-order valence-corrected chi connectivity index (χ0v) is 13.8. The van der Waals surface area contributed by atoms with Crippen LogP contribution in [0.5, 0.6) is 0 Å². The standard InChI is InChI=1S/C18H24FN3O2/c19-16-8-13(17(23)21-24)7-12-3-6-22(11-15(12)16)14-9-18(10-14)4-1-2-5-20-18/h7-8,14,20,24H,1-6,9-11H2,(H,21,23). The molecule has 1 aromatic rings. The highest BCUT2D eigenvalue weighted by Crippen LogP contribution is 2.42. The van der Waals surface area contributed by atoms with Crippen LogP contribution >= 0.6 is 0 Å². The second-order valence-electron chi connectivity index (χ2n) is 7.48. The molecule has 0 unspecified atom stereocenters. The molecule has 1 saturated heterocycles. The highest BCUT2D eigenvalue weighted by atomic mass is 19.1. The van der Waals surface area contributed by atoms with Gasteiger partial charge < -0.3 is 5.32 Å². The lowest BCUT2D eigenvalue weighted by Crippen LogP contribution is -2.64. The van der Waals surface area contributed by atoms with Crippen molar-refractivity contribution in [1.82, 2.24) is 15.7 Å². The number of nitrogens with one attached hydrogen (secondary N) is 2. The van der Waals surface area contributed by atoms with Gasteiger partial charge in [-0.15, -0.1) is 0 Å². The molecule has 1 spiro atoms. The average molecular weight is 333 g/mol. The average Bonchev–Trinajstić information content (AvgIpc) is 2.59. The summed E-state index contributed by atoms with van der Waals surface area (Å²) in [6.07, 6.45) is 6.92. The van der Waals surface area contributed by atoms with E-state index in [4.69, 9.17) is 5.21 Å². The highest BCUT2D eigenvalue weighted by molar-refractivity contribution is 5.93. The van der Waals surface area contributed by atoms with Gasteiger partial charge in [0.25, 0.3) is 5.91 Å². The number of amides is 1. The number of hydroxylamine groups is 1. The van der Waals surface area contributed by atoms with Crippen LogP contribution < -0.4 is 10.8 Å². The molecular weight excluding hydrogens is 309 g/mol. The van der Waals surface area contributed by atoms with Gasteiger partial charge in [0.2, 0.25) is 0 Å². The van der Waals surface area contributed by atoms with Crippen molar-refractivity contribution in [2.24, 2.45) is 0 Å². The third-order valence-corrected chi connectivity index (χ3v) is 6.03. The molecule has 6 heteroatoms. The van der Waals surface area contributed by atoms with Crippen LogP contribution in [0.15, 0.2) is 12.1 Å². The Kier molecular flexibility index (Phi) is 4.06. The van der Waals surface area contributed by atoms with Crippen LogP contribution in [-0.4, -0.2) is 40.7 Å². The quantitative estimate of drug-likeness (QED) is 0.572. The fourth-order valence-electron chi connectivity index (χ4n) is 4.63. The van der Waals surface area contributed by atoms with E-state index in [1.54, 1.807) is 11.5 Å². The predicted octanol–water partition coefficient (Wildman–Crippen LogP) is 1.98. The molecule has 4 rings (SSSR count). The molecule has 0 aromatic heterocycles. The predicted molar refractivity (Wildman–Crippen MR) is 87.4 cm³/mol. The zero-order valence-electron chi connectivity index (χ0n) is 13.8. The number of rotatable bonds is 2. The molecule has 0 atom stereocenters. The summed E-state index contributed by atoms with van der Waals surface area (Å²) in [6, 6.07) is 3.45. The lowest BCUT2D eigenvalue weighted by atomic mass is 9.67. The maximum absolute atomic E-state index is 14.4. The van der Waals surface area contributed by atoms with E-state index in [1.165, 1.54) is 25.3 Å². The van der Waals surface area contributed by atoms with E-state index in [0.717, 1.165) is 37.9 Å². The topological polar surface area (TPSA) is 64.6 Å². The maximum Gasteiger partial charge on any atom is 0.274 e. The van der Waals surface area contributed by atoms with E-state index in [2.05, 4.69) is 10.2 Å². The molecule has 3 aliphatic rings. The first-order valence-corrected chi connectivity index (χ1v) is 8.85. The summed E-state index contributed by atoms with van der Waals surface area (Å²) in [7, 11) is 0. The first-order chi connectivity index (χ1) is 11.6. The first kappa shape index (κ1) is 16.0. The number of carbonyl (C=O) groups is 1. The molecular formula is C18H24FN3O2. The number of halogens is 1. The van der Waals surface area contributed by atoms with Gasteiger partial charge in [0, 0.05) is 35.8 Å². The molecule has 5 nitrogen and oxygen atoms in total. The fraction of sp³-hybridized carbons (Fsp3) is 0.611. The SMILES string of the molecule is O=C(NO)c1cc(F)c2c(c1)CCN(C1CC3(CCCCN3)C1)C2. The smallest absolute Gasteiger partial charge is 0.274 e. The second-order valence-corrected chi connectivity index (χ2v) is 7.48. The summed E-state index contributed by atoms with van der Waals surface area (Å²) in [5.41, 5.74) is 3.67. The molecule has 1 saturated carbocycles. The van der Waals surface area contributed by atoms with Crippen molar-refractivity contribution in [2.75, 3.05) is 13.1 Å². The summed E-state index contributed by atoms with van der Waals surface area (Å²) in [4.78, 5) is 13.9. The molecule has 3 N–H and O–H groups in total. The third-order valence-electron chi connectivity index (χ3n) is 6.03. The van der Waals surface area contributed by atoms with Crippen molar-refractivity contribution in [3.63, 3.8) is 0 Å². The number of piperidine rings is 1. The number of nitrogens with zero attached hydrogens (tertiary/aromatic N) is 1. The van der Waals surface area contributed by atoms with Crippen LogP contribution in [0.2, 0.25) is 0 Å². The Morgan fingerprint density at radius 1 is 1.38 bits per heavy atom. The van der Waals surface area contributed by atoms with Gasteiger partial charge in [-0.05, 0) is 56.3 Å². The summed E-state index contributed by atoms with van der Waals surface area (Å²) in [5.74, 6) is -1.01. The summed E-state index contributed by atoms with van der Waals surface area (Å²) < 4.78 is 14.4. The summed E-state index contributed by atoms with van der Waals surface area (Å²) >= 11 is 0. The van der Waals surface area contributed by atoms with Crippen LogP contribution in [0.1, 0.15) is 53.6 Å². The van der Waals surface area contributed by atoms with E-state index in [9.17, 15) is 9.18 Å². The Labute approximate surface area is 141 Å². The van der Waals surface area contributed by atoms with E-state index in [0.29, 0.717) is 23.7 Å². The van der Waals surface area contributed by atoms with Crippen LogP contribution in [0.25, 0.3) is 0 Å². The number of fused-ring (bicyclic) bond motifs is 1. The molecule has 1 aromatic carbocycles. The van der Waals surface area contributed by atoms with Gasteiger partial charge in [-0.2, -0.15) is 0 Å². The van der Waals surface area contributed by atoms with Gasteiger partial charge in [0.1, 0.15) is 5.82 Å². The zero-order chi connectivity index (χ0) is 16.7. The van der Waals surface area contributed by atoms with Crippen LogP contribution in [0.4, 0.5) is 4.39 Å². The monoisotopic (exact) mass is 333 g/mol. The van der Waals surface area contributed by atoms with E-state index in [1.807, 2.05) is 0 Å².